The number of carbonyl (C=O) groups excluding carboxylic acids is 2. The highest BCUT2D eigenvalue weighted by Gasteiger charge is 2.32. The minimum Gasteiger partial charge on any atom is -0.340 e. The average molecular weight is 312 g/mol. The first-order valence-corrected chi connectivity index (χ1v) is 7.52. The van der Waals surface area contributed by atoms with E-state index in [2.05, 4.69) is 15.3 Å². The van der Waals surface area contributed by atoms with Gasteiger partial charge in [0, 0.05) is 6.20 Å². The van der Waals surface area contributed by atoms with E-state index in [1.54, 1.807) is 18.5 Å². The van der Waals surface area contributed by atoms with Crippen LogP contribution in [0.3, 0.4) is 0 Å². The van der Waals surface area contributed by atoms with E-state index in [-0.39, 0.29) is 17.6 Å². The number of nitrogens with zero attached hydrogens (tertiary/aromatic N) is 2. The molecular formula is C13H14ClN3O2S. The maximum absolute atomic E-state index is 12.2. The van der Waals surface area contributed by atoms with Crippen LogP contribution in [-0.2, 0) is 4.79 Å². The van der Waals surface area contributed by atoms with Crippen LogP contribution >= 0.6 is 22.9 Å². The van der Waals surface area contributed by atoms with Gasteiger partial charge >= 0.3 is 0 Å². The van der Waals surface area contributed by atoms with Crippen LogP contribution in [0.2, 0.25) is 0 Å². The maximum atomic E-state index is 12.2. The molecule has 106 valence electrons. The van der Waals surface area contributed by atoms with Gasteiger partial charge in [-0.05, 0) is 19.4 Å². The fourth-order valence-electron chi connectivity index (χ4n) is 1.71. The van der Waals surface area contributed by atoms with Crippen molar-refractivity contribution in [3.63, 3.8) is 0 Å². The second kappa shape index (κ2) is 5.85. The number of rotatable bonds is 5. The molecule has 0 fully saturated rings. The molecular weight excluding hydrogens is 298 g/mol. The van der Waals surface area contributed by atoms with Gasteiger partial charge in [-0.1, -0.05) is 6.92 Å². The third-order valence-corrected chi connectivity index (χ3v) is 4.28. The van der Waals surface area contributed by atoms with E-state index in [9.17, 15) is 9.59 Å². The molecule has 2 heterocycles. The lowest BCUT2D eigenvalue weighted by Crippen LogP contribution is -2.52. The largest absolute Gasteiger partial charge is 0.340 e. The van der Waals surface area contributed by atoms with Gasteiger partial charge in [-0.2, -0.15) is 0 Å². The average Bonchev–Trinajstić information content (AvgIpc) is 2.93. The Labute approximate surface area is 125 Å². The normalized spacial score (nSPS) is 13.9. The van der Waals surface area contributed by atoms with Crippen LogP contribution in [0.4, 0.5) is 0 Å². The molecule has 0 saturated heterocycles. The zero-order valence-corrected chi connectivity index (χ0v) is 12.7. The highest BCUT2D eigenvalue weighted by atomic mass is 35.5. The van der Waals surface area contributed by atoms with Gasteiger partial charge in [0.25, 0.3) is 5.91 Å². The number of hydrogen-bond acceptors (Lipinski definition) is 5. The van der Waals surface area contributed by atoms with Crippen LogP contribution in [0.15, 0.2) is 17.8 Å². The molecule has 0 radical (unpaired) electrons. The molecule has 0 aromatic carbocycles. The lowest BCUT2D eigenvalue weighted by molar-refractivity contribution is -0.122. The van der Waals surface area contributed by atoms with Gasteiger partial charge in [0.15, 0.2) is 5.78 Å². The van der Waals surface area contributed by atoms with Crippen LogP contribution in [0, 0.1) is 0 Å². The van der Waals surface area contributed by atoms with E-state index in [0.29, 0.717) is 17.5 Å². The highest BCUT2D eigenvalue weighted by molar-refractivity contribution is 7.16. The SMILES string of the molecule is CC[C@@](C)(NC(=O)c1cnc2scnc2c1)C(=O)CCl. The van der Waals surface area contributed by atoms with Crippen molar-refractivity contribution < 1.29 is 9.59 Å². The van der Waals surface area contributed by atoms with E-state index in [4.69, 9.17) is 11.6 Å². The molecule has 0 saturated carbocycles. The summed E-state index contributed by atoms with van der Waals surface area (Å²) in [4.78, 5) is 33.1. The molecule has 2 rings (SSSR count). The van der Waals surface area contributed by atoms with Gasteiger partial charge in [0.2, 0.25) is 0 Å². The number of nitrogens with one attached hydrogen (secondary N) is 1. The summed E-state index contributed by atoms with van der Waals surface area (Å²) >= 11 is 6.99. The Morgan fingerprint density at radius 1 is 1.45 bits per heavy atom. The van der Waals surface area contributed by atoms with Crippen molar-refractivity contribution in [3.8, 4) is 0 Å². The number of ketones is 1. The molecule has 1 amide bonds. The van der Waals surface area contributed by atoms with Gasteiger partial charge in [-0.25, -0.2) is 9.97 Å². The van der Waals surface area contributed by atoms with E-state index in [1.165, 1.54) is 17.5 Å². The van der Waals surface area contributed by atoms with Crippen LogP contribution in [0.25, 0.3) is 10.3 Å². The smallest absolute Gasteiger partial charge is 0.253 e. The topological polar surface area (TPSA) is 72.0 Å². The molecule has 0 unspecified atom stereocenters. The van der Waals surface area contributed by atoms with E-state index in [0.717, 1.165) is 4.83 Å². The number of hydrogen-bond donors (Lipinski definition) is 1. The first-order valence-electron chi connectivity index (χ1n) is 6.11. The number of alkyl halides is 1. The molecule has 1 atom stereocenters. The number of thiazole rings is 1. The Kier molecular flexibility index (Phi) is 4.35. The lowest BCUT2D eigenvalue weighted by atomic mass is 9.93. The van der Waals surface area contributed by atoms with Crippen molar-refractivity contribution >= 4 is 45.0 Å². The number of aromatic nitrogens is 2. The van der Waals surface area contributed by atoms with E-state index >= 15 is 0 Å². The number of pyridine rings is 1. The second-order valence-corrected chi connectivity index (χ2v) is 5.70. The number of fused-ring (bicyclic) bond motifs is 1. The van der Waals surface area contributed by atoms with Gasteiger partial charge in [0.05, 0.1) is 22.5 Å². The fraction of sp³-hybridized carbons (Fsp3) is 0.385. The van der Waals surface area contributed by atoms with Crippen LogP contribution in [0.1, 0.15) is 30.6 Å². The van der Waals surface area contributed by atoms with Crippen LogP contribution in [-0.4, -0.2) is 33.1 Å². The summed E-state index contributed by atoms with van der Waals surface area (Å²) in [6.07, 6.45) is 1.95. The summed E-state index contributed by atoms with van der Waals surface area (Å²) in [7, 11) is 0. The zero-order chi connectivity index (χ0) is 14.8. The predicted molar refractivity (Wildman–Crippen MR) is 79.3 cm³/mol. The number of carbonyl (C=O) groups is 2. The molecule has 0 aliphatic carbocycles. The molecule has 0 aliphatic rings. The Balaban J connectivity index is 2.24. The molecule has 2 aromatic heterocycles. The summed E-state index contributed by atoms with van der Waals surface area (Å²) in [5.41, 5.74) is 1.76. The van der Waals surface area contributed by atoms with E-state index in [1.807, 2.05) is 6.92 Å². The number of amides is 1. The summed E-state index contributed by atoms with van der Waals surface area (Å²) in [6, 6.07) is 1.66. The van der Waals surface area contributed by atoms with Gasteiger partial charge in [-0.15, -0.1) is 22.9 Å². The monoisotopic (exact) mass is 311 g/mol. The van der Waals surface area contributed by atoms with Crippen LogP contribution < -0.4 is 5.32 Å². The van der Waals surface area contributed by atoms with Crippen molar-refractivity contribution in [1.29, 1.82) is 0 Å². The van der Waals surface area contributed by atoms with Crippen molar-refractivity contribution in [2.75, 3.05) is 5.88 Å². The molecule has 0 bridgehead atoms. The quantitative estimate of drug-likeness (QED) is 0.861. The fourth-order valence-corrected chi connectivity index (χ4v) is 2.61. The third kappa shape index (κ3) is 2.81. The Hall–Kier alpha value is -1.53. The minimum absolute atomic E-state index is 0.131. The summed E-state index contributed by atoms with van der Waals surface area (Å²) in [5, 5.41) is 2.73. The minimum atomic E-state index is -0.962. The number of Topliss-reactive ketones (excluding diaryl/α,β-unsaturated/α-hetero) is 1. The van der Waals surface area contributed by atoms with E-state index < -0.39 is 5.54 Å². The molecule has 5 nitrogen and oxygen atoms in total. The first-order chi connectivity index (χ1) is 9.50. The first kappa shape index (κ1) is 14.9. The van der Waals surface area contributed by atoms with Crippen molar-refractivity contribution in [2.24, 2.45) is 0 Å². The molecule has 7 heteroatoms. The van der Waals surface area contributed by atoms with Crippen molar-refractivity contribution in [1.82, 2.24) is 15.3 Å². The maximum Gasteiger partial charge on any atom is 0.253 e. The third-order valence-electron chi connectivity index (χ3n) is 3.28. The second-order valence-electron chi connectivity index (χ2n) is 4.60. The summed E-state index contributed by atoms with van der Waals surface area (Å²) in [6.45, 7) is 3.50. The Morgan fingerprint density at radius 2 is 2.20 bits per heavy atom. The molecule has 0 spiro atoms. The molecule has 20 heavy (non-hydrogen) atoms. The van der Waals surface area contributed by atoms with Gasteiger partial charge < -0.3 is 5.32 Å². The standard InChI is InChI=1S/C13H14ClN3O2S/c1-3-13(2,10(18)5-14)17-11(19)8-4-9-12(15-6-8)20-7-16-9/h4,6-7H,3,5H2,1-2H3,(H,17,19)/t13-/m1/s1. The highest BCUT2D eigenvalue weighted by Crippen LogP contribution is 2.17. The Bertz CT molecular complexity index is 658. The zero-order valence-electron chi connectivity index (χ0n) is 11.1. The van der Waals surface area contributed by atoms with Crippen LogP contribution in [0.5, 0.6) is 0 Å². The lowest BCUT2D eigenvalue weighted by Gasteiger charge is -2.27. The predicted octanol–water partition coefficient (Wildman–Crippen LogP) is 2.40. The van der Waals surface area contributed by atoms with Gasteiger partial charge in [0.1, 0.15) is 10.3 Å². The summed E-state index contributed by atoms with van der Waals surface area (Å²) < 4.78 is 0. The van der Waals surface area contributed by atoms with Gasteiger partial charge in [-0.3, -0.25) is 9.59 Å². The molecule has 1 N–H and O–H groups in total. The number of halogens is 1. The Morgan fingerprint density at radius 3 is 2.85 bits per heavy atom. The van der Waals surface area contributed by atoms with Crippen molar-refractivity contribution in [3.05, 3.63) is 23.3 Å². The summed E-state index contributed by atoms with van der Waals surface area (Å²) in [5.74, 6) is -0.693. The van der Waals surface area contributed by atoms with Crippen molar-refractivity contribution in [2.45, 2.75) is 25.8 Å². The molecule has 0 aliphatic heterocycles. The molecule has 2 aromatic rings.